The third-order valence-electron chi connectivity index (χ3n) is 2.35. The van der Waals surface area contributed by atoms with E-state index in [1.54, 1.807) is 25.7 Å². The molecule has 0 bridgehead atoms. The molecule has 1 aliphatic rings. The topological polar surface area (TPSA) is 101 Å². The van der Waals surface area contributed by atoms with Crippen LogP contribution in [0.15, 0.2) is 0 Å². The summed E-state index contributed by atoms with van der Waals surface area (Å²) in [7, 11) is 0. The minimum atomic E-state index is -0.511. The van der Waals surface area contributed by atoms with Crippen molar-refractivity contribution in [1.29, 1.82) is 5.41 Å². The Hall–Kier alpha value is -1.50. The highest BCUT2D eigenvalue weighted by Gasteiger charge is 2.23. The van der Waals surface area contributed by atoms with Crippen molar-refractivity contribution in [2.45, 2.75) is 32.5 Å². The number of rotatable bonds is 2. The van der Waals surface area contributed by atoms with E-state index in [-0.39, 0.29) is 12.1 Å². The zero-order chi connectivity index (χ0) is 13.8. The summed E-state index contributed by atoms with van der Waals surface area (Å²) in [4.78, 5) is 13.2. The Morgan fingerprint density at radius 3 is 2.83 bits per heavy atom. The maximum absolute atomic E-state index is 11.4. The lowest BCUT2D eigenvalue weighted by Gasteiger charge is -2.33. The number of ether oxygens (including phenoxy) is 2. The number of hydrogen-bond acceptors (Lipinski definition) is 4. The minimum absolute atomic E-state index is 0.0283. The normalized spacial score (nSPS) is 20.4. The van der Waals surface area contributed by atoms with Crippen LogP contribution < -0.4 is 11.1 Å². The number of carbonyl (C=O) groups excluding carboxylic acids is 1. The van der Waals surface area contributed by atoms with E-state index >= 15 is 0 Å². The SMILES string of the molecule is CC(C)(C)OC(=O)NCC1CN(C(=N)N)CCO1. The number of nitrogens with zero attached hydrogens (tertiary/aromatic N) is 1. The fraction of sp³-hybridized carbons (Fsp3) is 0.818. The fourth-order valence-electron chi connectivity index (χ4n) is 1.57. The first-order valence-electron chi connectivity index (χ1n) is 5.95. The van der Waals surface area contributed by atoms with E-state index in [0.717, 1.165) is 0 Å². The maximum Gasteiger partial charge on any atom is 0.407 e. The molecule has 1 saturated heterocycles. The molecular formula is C11H22N4O3. The number of amides is 1. The molecule has 7 nitrogen and oxygen atoms in total. The smallest absolute Gasteiger partial charge is 0.407 e. The number of carbonyl (C=O) groups is 1. The van der Waals surface area contributed by atoms with Gasteiger partial charge in [-0.3, -0.25) is 5.41 Å². The van der Waals surface area contributed by atoms with Crippen LogP contribution in [-0.4, -0.2) is 54.9 Å². The first-order valence-corrected chi connectivity index (χ1v) is 5.95. The number of nitrogens with one attached hydrogen (secondary N) is 2. The van der Waals surface area contributed by atoms with E-state index in [1.165, 1.54) is 0 Å². The van der Waals surface area contributed by atoms with Gasteiger partial charge in [0.1, 0.15) is 5.60 Å². The van der Waals surface area contributed by atoms with Gasteiger partial charge in [0, 0.05) is 19.6 Å². The molecule has 1 atom stereocenters. The van der Waals surface area contributed by atoms with E-state index in [9.17, 15) is 4.79 Å². The number of morpholine rings is 1. The molecule has 4 N–H and O–H groups in total. The molecule has 0 aromatic heterocycles. The summed E-state index contributed by atoms with van der Waals surface area (Å²) in [5.41, 5.74) is 4.90. The Morgan fingerprint density at radius 1 is 1.61 bits per heavy atom. The molecule has 0 spiro atoms. The van der Waals surface area contributed by atoms with Crippen molar-refractivity contribution in [2.75, 3.05) is 26.2 Å². The number of alkyl carbamates (subject to hydrolysis) is 1. The van der Waals surface area contributed by atoms with Crippen molar-refractivity contribution >= 4 is 12.1 Å². The molecule has 7 heteroatoms. The average molecular weight is 258 g/mol. The summed E-state index contributed by atoms with van der Waals surface area (Å²) >= 11 is 0. The quantitative estimate of drug-likeness (QED) is 0.482. The predicted molar refractivity (Wildman–Crippen MR) is 67.5 cm³/mol. The standard InChI is InChI=1S/C11H22N4O3/c1-11(2,3)18-10(16)14-6-8-7-15(9(12)13)4-5-17-8/h8H,4-7H2,1-3H3,(H3,12,13)(H,14,16). The summed E-state index contributed by atoms with van der Waals surface area (Å²) in [6.07, 6.45) is -0.638. The first-order chi connectivity index (χ1) is 8.28. The Kier molecular flexibility index (Phi) is 4.77. The Labute approximate surface area is 107 Å². The number of guanidine groups is 1. The molecular weight excluding hydrogens is 236 g/mol. The van der Waals surface area contributed by atoms with Gasteiger partial charge in [0.2, 0.25) is 0 Å². The summed E-state index contributed by atoms with van der Waals surface area (Å²) in [5, 5.41) is 9.99. The van der Waals surface area contributed by atoms with Gasteiger partial charge in [-0.1, -0.05) is 0 Å². The van der Waals surface area contributed by atoms with Crippen LogP contribution >= 0.6 is 0 Å². The Balaban J connectivity index is 2.31. The van der Waals surface area contributed by atoms with E-state index in [2.05, 4.69) is 5.32 Å². The van der Waals surface area contributed by atoms with Gasteiger partial charge in [-0.2, -0.15) is 0 Å². The van der Waals surface area contributed by atoms with Crippen molar-refractivity contribution in [3.05, 3.63) is 0 Å². The molecule has 0 aliphatic carbocycles. The third-order valence-corrected chi connectivity index (χ3v) is 2.35. The largest absolute Gasteiger partial charge is 0.444 e. The van der Waals surface area contributed by atoms with Gasteiger partial charge in [0.25, 0.3) is 0 Å². The molecule has 0 aromatic rings. The van der Waals surface area contributed by atoms with E-state index in [1.807, 2.05) is 0 Å². The summed E-state index contributed by atoms with van der Waals surface area (Å²) in [6, 6.07) is 0. The van der Waals surface area contributed by atoms with Gasteiger partial charge in [-0.15, -0.1) is 0 Å². The molecule has 1 rings (SSSR count). The van der Waals surface area contributed by atoms with E-state index < -0.39 is 11.7 Å². The second kappa shape index (κ2) is 5.90. The molecule has 0 aromatic carbocycles. The maximum atomic E-state index is 11.4. The molecule has 104 valence electrons. The van der Waals surface area contributed by atoms with Crippen LogP contribution in [0, 0.1) is 5.41 Å². The predicted octanol–water partition coefficient (Wildman–Crippen LogP) is 0.105. The lowest BCUT2D eigenvalue weighted by Crippen LogP contribution is -2.51. The summed E-state index contributed by atoms with van der Waals surface area (Å²) in [5.74, 6) is 0.0283. The Bertz CT molecular complexity index is 314. The molecule has 1 heterocycles. The highest BCUT2D eigenvalue weighted by atomic mass is 16.6. The minimum Gasteiger partial charge on any atom is -0.444 e. The number of hydrogen-bond donors (Lipinski definition) is 3. The Morgan fingerprint density at radius 2 is 2.28 bits per heavy atom. The fourth-order valence-corrected chi connectivity index (χ4v) is 1.57. The van der Waals surface area contributed by atoms with Crippen molar-refractivity contribution in [3.8, 4) is 0 Å². The highest BCUT2D eigenvalue weighted by molar-refractivity contribution is 5.74. The molecule has 0 saturated carbocycles. The van der Waals surface area contributed by atoms with Crippen molar-refractivity contribution in [2.24, 2.45) is 5.73 Å². The summed E-state index contributed by atoms with van der Waals surface area (Å²) < 4.78 is 10.6. The molecule has 1 aliphatic heterocycles. The van der Waals surface area contributed by atoms with Crippen LogP contribution in [0.2, 0.25) is 0 Å². The van der Waals surface area contributed by atoms with Crippen LogP contribution in [0.5, 0.6) is 0 Å². The first kappa shape index (κ1) is 14.6. The molecule has 1 amide bonds. The van der Waals surface area contributed by atoms with Gasteiger partial charge in [0.15, 0.2) is 5.96 Å². The lowest BCUT2D eigenvalue weighted by atomic mass is 10.2. The summed E-state index contributed by atoms with van der Waals surface area (Å²) in [6.45, 7) is 7.38. The number of nitrogens with two attached hydrogens (primary N) is 1. The van der Waals surface area contributed by atoms with Gasteiger partial charge in [0.05, 0.1) is 12.7 Å². The van der Waals surface area contributed by atoms with Crippen LogP contribution in [0.4, 0.5) is 4.79 Å². The van der Waals surface area contributed by atoms with E-state index in [0.29, 0.717) is 26.2 Å². The zero-order valence-electron chi connectivity index (χ0n) is 11.2. The van der Waals surface area contributed by atoms with Gasteiger partial charge in [-0.05, 0) is 20.8 Å². The van der Waals surface area contributed by atoms with Crippen LogP contribution in [0.25, 0.3) is 0 Å². The monoisotopic (exact) mass is 258 g/mol. The average Bonchev–Trinajstić information content (AvgIpc) is 2.24. The van der Waals surface area contributed by atoms with Crippen molar-refractivity contribution in [3.63, 3.8) is 0 Å². The van der Waals surface area contributed by atoms with Crippen molar-refractivity contribution < 1.29 is 14.3 Å². The lowest BCUT2D eigenvalue weighted by molar-refractivity contribution is -0.00797. The van der Waals surface area contributed by atoms with Gasteiger partial charge in [-0.25, -0.2) is 4.79 Å². The second-order valence-corrected chi connectivity index (χ2v) is 5.21. The van der Waals surface area contributed by atoms with Crippen LogP contribution in [-0.2, 0) is 9.47 Å². The molecule has 1 unspecified atom stereocenters. The van der Waals surface area contributed by atoms with E-state index in [4.69, 9.17) is 20.6 Å². The zero-order valence-corrected chi connectivity index (χ0v) is 11.2. The molecule has 18 heavy (non-hydrogen) atoms. The highest BCUT2D eigenvalue weighted by Crippen LogP contribution is 2.07. The van der Waals surface area contributed by atoms with Crippen LogP contribution in [0.1, 0.15) is 20.8 Å². The van der Waals surface area contributed by atoms with Gasteiger partial charge >= 0.3 is 6.09 Å². The van der Waals surface area contributed by atoms with Gasteiger partial charge < -0.3 is 25.4 Å². The van der Waals surface area contributed by atoms with Crippen LogP contribution in [0.3, 0.4) is 0 Å². The third kappa shape index (κ3) is 5.22. The molecule has 0 radical (unpaired) electrons. The molecule has 1 fully saturated rings. The van der Waals surface area contributed by atoms with Crippen molar-refractivity contribution in [1.82, 2.24) is 10.2 Å². The second-order valence-electron chi connectivity index (χ2n) is 5.21.